The van der Waals surface area contributed by atoms with E-state index in [0.717, 1.165) is 16.7 Å². The first-order valence-electron chi connectivity index (χ1n) is 7.29. The molecule has 0 atom stereocenters. The predicted molar refractivity (Wildman–Crippen MR) is 89.0 cm³/mol. The van der Waals surface area contributed by atoms with Gasteiger partial charge in [-0.1, -0.05) is 59.3 Å². The van der Waals surface area contributed by atoms with E-state index in [0.29, 0.717) is 0 Å². The molecule has 1 heterocycles. The van der Waals surface area contributed by atoms with Gasteiger partial charge < -0.3 is 0 Å². The van der Waals surface area contributed by atoms with Gasteiger partial charge in [-0.15, -0.1) is 5.10 Å². The molecule has 0 aliphatic rings. The van der Waals surface area contributed by atoms with Gasteiger partial charge in [0.15, 0.2) is 0 Å². The molecule has 4 aromatic rings. The van der Waals surface area contributed by atoms with Crippen LogP contribution in [0.2, 0.25) is 0 Å². The van der Waals surface area contributed by atoms with E-state index in [1.807, 2.05) is 16.8 Å². The molecule has 0 bridgehead atoms. The van der Waals surface area contributed by atoms with Crippen molar-refractivity contribution in [1.82, 2.24) is 15.0 Å². The van der Waals surface area contributed by atoms with Crippen LogP contribution in [-0.4, -0.2) is 15.0 Å². The van der Waals surface area contributed by atoms with Gasteiger partial charge in [-0.05, 0) is 42.3 Å². The average molecular weight is 285 g/mol. The zero-order chi connectivity index (χ0) is 14.9. The smallest absolute Gasteiger partial charge is 0.113 e. The molecule has 0 amide bonds. The van der Waals surface area contributed by atoms with Crippen molar-refractivity contribution in [2.45, 2.75) is 6.92 Å². The summed E-state index contributed by atoms with van der Waals surface area (Å²) >= 11 is 0. The first-order chi connectivity index (χ1) is 10.8. The molecule has 0 saturated heterocycles. The van der Waals surface area contributed by atoms with Crippen molar-refractivity contribution in [2.24, 2.45) is 0 Å². The molecule has 0 N–H and O–H groups in total. The lowest BCUT2D eigenvalue weighted by Gasteiger charge is -2.05. The summed E-state index contributed by atoms with van der Waals surface area (Å²) in [5.41, 5.74) is 6.55. The Balaban J connectivity index is 1.88. The van der Waals surface area contributed by atoms with Crippen molar-refractivity contribution >= 4 is 11.0 Å². The maximum atomic E-state index is 4.30. The fraction of sp³-hybridized carbons (Fsp3) is 0.0526. The molecular formula is C19H15N3. The molecule has 3 heteroatoms. The zero-order valence-corrected chi connectivity index (χ0v) is 12.3. The molecule has 22 heavy (non-hydrogen) atoms. The highest BCUT2D eigenvalue weighted by Crippen LogP contribution is 2.24. The van der Waals surface area contributed by atoms with Crippen molar-refractivity contribution in [3.63, 3.8) is 0 Å². The number of fused-ring (bicyclic) bond motifs is 1. The zero-order valence-electron chi connectivity index (χ0n) is 12.3. The topological polar surface area (TPSA) is 30.7 Å². The second-order valence-electron chi connectivity index (χ2n) is 5.41. The van der Waals surface area contributed by atoms with Gasteiger partial charge in [-0.2, -0.15) is 0 Å². The van der Waals surface area contributed by atoms with Crippen LogP contribution in [0.4, 0.5) is 0 Å². The number of hydrogen-bond donors (Lipinski definition) is 0. The van der Waals surface area contributed by atoms with Crippen LogP contribution in [0.5, 0.6) is 0 Å². The molecule has 106 valence electrons. The summed E-state index contributed by atoms with van der Waals surface area (Å²) in [6.07, 6.45) is 0. The van der Waals surface area contributed by atoms with Gasteiger partial charge in [-0.25, -0.2) is 4.68 Å². The first-order valence-corrected chi connectivity index (χ1v) is 7.29. The minimum Gasteiger partial charge on any atom is -0.213 e. The summed E-state index contributed by atoms with van der Waals surface area (Å²) in [7, 11) is 0. The Morgan fingerprint density at radius 1 is 0.773 bits per heavy atom. The lowest BCUT2D eigenvalue weighted by molar-refractivity contribution is 0.824. The van der Waals surface area contributed by atoms with E-state index in [1.54, 1.807) is 0 Å². The molecule has 1 aromatic heterocycles. The Bertz CT molecular complexity index is 922. The first kappa shape index (κ1) is 12.8. The van der Waals surface area contributed by atoms with Crippen molar-refractivity contribution < 1.29 is 0 Å². The highest BCUT2D eigenvalue weighted by atomic mass is 15.4. The van der Waals surface area contributed by atoms with Gasteiger partial charge in [0.05, 0.1) is 11.2 Å². The molecule has 0 unspecified atom stereocenters. The third-order valence-electron chi connectivity index (χ3n) is 3.83. The molecule has 0 aliphatic carbocycles. The van der Waals surface area contributed by atoms with Gasteiger partial charge in [0.25, 0.3) is 0 Å². The predicted octanol–water partition coefficient (Wildman–Crippen LogP) is 4.40. The molecule has 3 nitrogen and oxygen atoms in total. The Labute approximate surface area is 128 Å². The van der Waals surface area contributed by atoms with E-state index < -0.39 is 0 Å². The lowest BCUT2D eigenvalue weighted by atomic mass is 10.1. The van der Waals surface area contributed by atoms with Gasteiger partial charge in [0, 0.05) is 0 Å². The minimum absolute atomic E-state index is 0.903. The molecule has 0 radical (unpaired) electrons. The molecule has 0 spiro atoms. The van der Waals surface area contributed by atoms with Crippen LogP contribution in [0.15, 0.2) is 72.8 Å². The largest absolute Gasteiger partial charge is 0.213 e. The second kappa shape index (κ2) is 5.11. The number of aryl methyl sites for hydroxylation is 1. The van der Waals surface area contributed by atoms with Crippen LogP contribution in [-0.2, 0) is 0 Å². The lowest BCUT2D eigenvalue weighted by Crippen LogP contribution is -1.96. The fourth-order valence-electron chi connectivity index (χ4n) is 2.61. The second-order valence-corrected chi connectivity index (χ2v) is 5.41. The maximum absolute atomic E-state index is 4.30. The van der Waals surface area contributed by atoms with Crippen LogP contribution in [0, 0.1) is 6.92 Å². The minimum atomic E-state index is 0.903. The van der Waals surface area contributed by atoms with E-state index in [9.17, 15) is 0 Å². The molecule has 4 rings (SSSR count). The average Bonchev–Trinajstić information content (AvgIpc) is 2.99. The SMILES string of the molecule is Cc1ccc(-n2nnc3ccc(-c4ccccc4)cc32)cc1. The van der Waals surface area contributed by atoms with E-state index in [2.05, 4.69) is 77.9 Å². The van der Waals surface area contributed by atoms with Crippen LogP contribution in [0.25, 0.3) is 27.8 Å². The van der Waals surface area contributed by atoms with Gasteiger partial charge in [0.2, 0.25) is 0 Å². The Kier molecular flexibility index (Phi) is 2.97. The van der Waals surface area contributed by atoms with Gasteiger partial charge in [-0.3, -0.25) is 0 Å². The monoisotopic (exact) mass is 285 g/mol. The highest BCUT2D eigenvalue weighted by Gasteiger charge is 2.08. The normalized spacial score (nSPS) is 11.0. The number of nitrogens with zero attached hydrogens (tertiary/aromatic N) is 3. The maximum Gasteiger partial charge on any atom is 0.113 e. The van der Waals surface area contributed by atoms with Crippen molar-refractivity contribution in [3.05, 3.63) is 78.4 Å². The summed E-state index contributed by atoms with van der Waals surface area (Å²) in [6.45, 7) is 2.08. The standard InChI is InChI=1S/C19H15N3/c1-14-7-10-17(11-8-14)22-19-13-16(9-12-18(19)20-21-22)15-5-3-2-4-6-15/h2-13H,1H3. The summed E-state index contributed by atoms with van der Waals surface area (Å²) < 4.78 is 1.89. The van der Waals surface area contributed by atoms with Crippen LogP contribution in [0.1, 0.15) is 5.56 Å². The third kappa shape index (κ3) is 2.17. The van der Waals surface area contributed by atoms with Crippen LogP contribution < -0.4 is 0 Å². The quantitative estimate of drug-likeness (QED) is 0.546. The fourth-order valence-corrected chi connectivity index (χ4v) is 2.61. The Morgan fingerprint density at radius 3 is 2.32 bits per heavy atom. The summed E-state index contributed by atoms with van der Waals surface area (Å²) in [4.78, 5) is 0. The van der Waals surface area contributed by atoms with Gasteiger partial charge in [0.1, 0.15) is 5.52 Å². The molecule has 0 aliphatic heterocycles. The Morgan fingerprint density at radius 2 is 1.55 bits per heavy atom. The summed E-state index contributed by atoms with van der Waals surface area (Å²) in [5, 5.41) is 8.56. The summed E-state index contributed by atoms with van der Waals surface area (Å²) in [6, 6.07) is 24.9. The highest BCUT2D eigenvalue weighted by molar-refractivity contribution is 5.82. The van der Waals surface area contributed by atoms with E-state index in [-0.39, 0.29) is 0 Å². The van der Waals surface area contributed by atoms with Crippen LogP contribution >= 0.6 is 0 Å². The molecular weight excluding hydrogens is 270 g/mol. The van der Waals surface area contributed by atoms with Gasteiger partial charge >= 0.3 is 0 Å². The number of rotatable bonds is 2. The third-order valence-corrected chi connectivity index (χ3v) is 3.83. The van der Waals surface area contributed by atoms with Crippen molar-refractivity contribution in [2.75, 3.05) is 0 Å². The van der Waals surface area contributed by atoms with Crippen LogP contribution in [0.3, 0.4) is 0 Å². The van der Waals surface area contributed by atoms with E-state index in [1.165, 1.54) is 16.7 Å². The number of hydrogen-bond acceptors (Lipinski definition) is 2. The number of aromatic nitrogens is 3. The Hall–Kier alpha value is -2.94. The van der Waals surface area contributed by atoms with E-state index >= 15 is 0 Å². The molecule has 0 fully saturated rings. The van der Waals surface area contributed by atoms with Crippen molar-refractivity contribution in [1.29, 1.82) is 0 Å². The summed E-state index contributed by atoms with van der Waals surface area (Å²) in [5.74, 6) is 0. The van der Waals surface area contributed by atoms with E-state index in [4.69, 9.17) is 0 Å². The molecule has 0 saturated carbocycles. The van der Waals surface area contributed by atoms with Crippen molar-refractivity contribution in [3.8, 4) is 16.8 Å². The molecule has 3 aromatic carbocycles. The number of benzene rings is 3.